The second kappa shape index (κ2) is 12.9. The molecule has 4 heteroatoms. The average molecular weight is 614 g/mol. The largest absolute Gasteiger partial charge is 0.208 e. The molecule has 1 heterocycles. The molecule has 0 atom stereocenters. The van der Waals surface area contributed by atoms with Crippen LogP contribution in [0.3, 0.4) is 0 Å². The molecule has 0 N–H and O–H groups in total. The third-order valence-corrected chi connectivity index (χ3v) is 8.49. The fraction of sp³-hybridized carbons (Fsp3) is 0.0714. The SMILES string of the molecule is C/C=C\c1c(C)cccc1-c1nc(-c2cccc(C3=CC(c4cccc(Cl)c4)=CCC=C3)c2)nc(-c2cccc3ccccc23)n1. The smallest absolute Gasteiger partial charge is 0.164 e. The summed E-state index contributed by atoms with van der Waals surface area (Å²) >= 11 is 6.34. The van der Waals surface area contributed by atoms with Gasteiger partial charge in [-0.3, -0.25) is 0 Å². The highest BCUT2D eigenvalue weighted by molar-refractivity contribution is 6.30. The monoisotopic (exact) mass is 613 g/mol. The summed E-state index contributed by atoms with van der Waals surface area (Å²) in [6.07, 6.45) is 13.9. The van der Waals surface area contributed by atoms with E-state index in [1.165, 1.54) is 5.56 Å². The van der Waals surface area contributed by atoms with E-state index < -0.39 is 0 Å². The topological polar surface area (TPSA) is 38.7 Å². The van der Waals surface area contributed by atoms with Crippen molar-refractivity contribution in [1.82, 2.24) is 15.0 Å². The van der Waals surface area contributed by atoms with Crippen molar-refractivity contribution in [2.24, 2.45) is 0 Å². The van der Waals surface area contributed by atoms with Crippen molar-refractivity contribution >= 4 is 39.6 Å². The molecule has 3 nitrogen and oxygen atoms in total. The van der Waals surface area contributed by atoms with Crippen LogP contribution in [0.15, 0.2) is 140 Å². The van der Waals surface area contributed by atoms with Crippen LogP contribution in [0.5, 0.6) is 0 Å². The van der Waals surface area contributed by atoms with Gasteiger partial charge in [0, 0.05) is 21.7 Å². The summed E-state index contributed by atoms with van der Waals surface area (Å²) in [6, 6.07) is 37.4. The van der Waals surface area contributed by atoms with Crippen LogP contribution in [-0.4, -0.2) is 15.0 Å². The molecule has 7 rings (SSSR count). The van der Waals surface area contributed by atoms with Gasteiger partial charge in [0.25, 0.3) is 0 Å². The molecule has 0 radical (unpaired) electrons. The van der Waals surface area contributed by atoms with Crippen LogP contribution in [0.1, 0.15) is 35.6 Å². The first-order valence-electron chi connectivity index (χ1n) is 15.5. The van der Waals surface area contributed by atoms with E-state index in [1.807, 2.05) is 25.1 Å². The Bertz CT molecular complexity index is 2220. The highest BCUT2D eigenvalue weighted by Crippen LogP contribution is 2.34. The average Bonchev–Trinajstić information content (AvgIpc) is 3.36. The third kappa shape index (κ3) is 5.98. The summed E-state index contributed by atoms with van der Waals surface area (Å²) < 4.78 is 0. The van der Waals surface area contributed by atoms with E-state index in [1.54, 1.807) is 0 Å². The lowest BCUT2D eigenvalue weighted by molar-refractivity contribution is 1.07. The van der Waals surface area contributed by atoms with Gasteiger partial charge in [-0.15, -0.1) is 0 Å². The van der Waals surface area contributed by atoms with E-state index in [0.717, 1.165) is 66.7 Å². The Labute approximate surface area is 275 Å². The van der Waals surface area contributed by atoms with Crippen LogP contribution >= 0.6 is 11.6 Å². The minimum atomic E-state index is 0.631. The van der Waals surface area contributed by atoms with Crippen molar-refractivity contribution in [3.63, 3.8) is 0 Å². The standard InChI is InChI=1S/C42H32ClN3/c1-3-12-36-28(2)13-8-23-38(36)41-44-40(45-42(46-41)39-24-11-17-29-14-6-7-22-37(29)39)34-20-9-18-32(26-34)30-15-4-5-16-31(25-30)33-19-10-21-35(43)27-33/h3-4,6-27H,5H2,1-2H3/b12-3-. The zero-order valence-corrected chi connectivity index (χ0v) is 26.5. The molecular weight excluding hydrogens is 582 g/mol. The number of nitrogens with zero attached hydrogens (tertiary/aromatic N) is 3. The summed E-state index contributed by atoms with van der Waals surface area (Å²) in [4.78, 5) is 15.4. The first kappa shape index (κ1) is 29.3. The number of aryl methyl sites for hydroxylation is 1. The van der Waals surface area contributed by atoms with Crippen LogP contribution in [0, 0.1) is 6.92 Å². The summed E-state index contributed by atoms with van der Waals surface area (Å²) in [6.45, 7) is 4.15. The molecule has 0 spiro atoms. The van der Waals surface area contributed by atoms with Gasteiger partial charge in [0.15, 0.2) is 17.5 Å². The van der Waals surface area contributed by atoms with Crippen molar-refractivity contribution in [2.45, 2.75) is 20.3 Å². The highest BCUT2D eigenvalue weighted by atomic mass is 35.5. The molecule has 1 aliphatic carbocycles. The highest BCUT2D eigenvalue weighted by Gasteiger charge is 2.17. The molecule has 5 aromatic carbocycles. The number of hydrogen-bond acceptors (Lipinski definition) is 3. The molecule has 0 aliphatic heterocycles. The first-order valence-corrected chi connectivity index (χ1v) is 15.9. The molecule has 0 saturated carbocycles. The number of hydrogen-bond donors (Lipinski definition) is 0. The van der Waals surface area contributed by atoms with Crippen molar-refractivity contribution in [2.75, 3.05) is 0 Å². The Balaban J connectivity index is 1.40. The summed E-state index contributed by atoms with van der Waals surface area (Å²) in [5.41, 5.74) is 9.60. The molecule has 222 valence electrons. The zero-order chi connectivity index (χ0) is 31.5. The molecule has 1 aromatic heterocycles. The minimum Gasteiger partial charge on any atom is -0.208 e. The maximum Gasteiger partial charge on any atom is 0.164 e. The van der Waals surface area contributed by atoms with Gasteiger partial charge >= 0.3 is 0 Å². The molecule has 1 aliphatic rings. The van der Waals surface area contributed by atoms with E-state index >= 15 is 0 Å². The fourth-order valence-electron chi connectivity index (χ4n) is 5.98. The predicted molar refractivity (Wildman–Crippen MR) is 194 cm³/mol. The number of allylic oxidation sites excluding steroid dienone is 7. The van der Waals surface area contributed by atoms with Gasteiger partial charge in [-0.05, 0) is 88.7 Å². The maximum absolute atomic E-state index is 6.34. The second-order valence-corrected chi connectivity index (χ2v) is 11.8. The van der Waals surface area contributed by atoms with E-state index in [-0.39, 0.29) is 0 Å². The molecule has 0 unspecified atom stereocenters. The van der Waals surface area contributed by atoms with Gasteiger partial charge in [-0.1, -0.05) is 133 Å². The van der Waals surface area contributed by atoms with E-state index in [9.17, 15) is 0 Å². The fourth-order valence-corrected chi connectivity index (χ4v) is 6.17. The molecule has 0 fully saturated rings. The number of halogens is 1. The van der Waals surface area contributed by atoms with Crippen LogP contribution < -0.4 is 0 Å². The lowest BCUT2D eigenvalue weighted by Crippen LogP contribution is -2.02. The second-order valence-electron chi connectivity index (χ2n) is 11.4. The quantitative estimate of drug-likeness (QED) is 0.187. The summed E-state index contributed by atoms with van der Waals surface area (Å²) in [7, 11) is 0. The van der Waals surface area contributed by atoms with Crippen LogP contribution in [-0.2, 0) is 0 Å². The minimum absolute atomic E-state index is 0.631. The normalized spacial score (nSPS) is 13.1. The first-order chi connectivity index (χ1) is 22.6. The summed E-state index contributed by atoms with van der Waals surface area (Å²) in [5.74, 6) is 1.93. The van der Waals surface area contributed by atoms with Gasteiger partial charge in [-0.2, -0.15) is 0 Å². The lowest BCUT2D eigenvalue weighted by atomic mass is 9.98. The van der Waals surface area contributed by atoms with Gasteiger partial charge in [0.2, 0.25) is 0 Å². The predicted octanol–water partition coefficient (Wildman–Crippen LogP) is 11.4. The van der Waals surface area contributed by atoms with E-state index in [0.29, 0.717) is 17.5 Å². The Morgan fingerprint density at radius 3 is 2.17 bits per heavy atom. The van der Waals surface area contributed by atoms with Crippen molar-refractivity contribution in [3.05, 3.63) is 167 Å². The third-order valence-electron chi connectivity index (χ3n) is 8.26. The molecule has 0 bridgehead atoms. The van der Waals surface area contributed by atoms with Crippen LogP contribution in [0.2, 0.25) is 5.02 Å². The number of benzene rings is 5. The van der Waals surface area contributed by atoms with E-state index in [4.69, 9.17) is 26.6 Å². The van der Waals surface area contributed by atoms with Gasteiger partial charge in [-0.25, -0.2) is 15.0 Å². The van der Waals surface area contributed by atoms with Crippen molar-refractivity contribution in [3.8, 4) is 34.2 Å². The van der Waals surface area contributed by atoms with Crippen molar-refractivity contribution < 1.29 is 0 Å². The Morgan fingerprint density at radius 1 is 0.652 bits per heavy atom. The molecular formula is C42H32ClN3. The van der Waals surface area contributed by atoms with E-state index in [2.05, 4.69) is 134 Å². The van der Waals surface area contributed by atoms with Crippen molar-refractivity contribution in [1.29, 1.82) is 0 Å². The molecule has 0 saturated heterocycles. The molecule has 0 amide bonds. The molecule has 46 heavy (non-hydrogen) atoms. The van der Waals surface area contributed by atoms with Gasteiger partial charge in [0.1, 0.15) is 0 Å². The van der Waals surface area contributed by atoms with Crippen LogP contribution in [0.25, 0.3) is 62.2 Å². The number of rotatable bonds is 6. The van der Waals surface area contributed by atoms with Gasteiger partial charge < -0.3 is 0 Å². The lowest BCUT2D eigenvalue weighted by Gasteiger charge is -2.13. The van der Waals surface area contributed by atoms with Crippen LogP contribution in [0.4, 0.5) is 0 Å². The summed E-state index contributed by atoms with van der Waals surface area (Å²) in [5, 5.41) is 2.98. The zero-order valence-electron chi connectivity index (χ0n) is 25.8. The maximum atomic E-state index is 6.34. The number of aromatic nitrogens is 3. The van der Waals surface area contributed by atoms with Gasteiger partial charge in [0.05, 0.1) is 0 Å². The number of fused-ring (bicyclic) bond motifs is 1. The molecule has 6 aromatic rings. The Kier molecular flexibility index (Phi) is 8.24. The Morgan fingerprint density at radius 2 is 1.33 bits per heavy atom. The Hall–Kier alpha value is -5.38.